The fourth-order valence-electron chi connectivity index (χ4n) is 4.51. The van der Waals surface area contributed by atoms with E-state index in [0.717, 1.165) is 10.5 Å². The number of carbonyl (C=O) groups excluding carboxylic acids is 4. The Morgan fingerprint density at radius 1 is 0.727 bits per heavy atom. The van der Waals surface area contributed by atoms with E-state index in [0.29, 0.717) is 16.7 Å². The number of Topliss-reactive ketones (excluding diaryl/α,β-unsaturated/α-hetero) is 2. The van der Waals surface area contributed by atoms with Crippen molar-refractivity contribution in [1.29, 1.82) is 0 Å². The summed E-state index contributed by atoms with van der Waals surface area (Å²) in [6, 6.07) is 23.2. The average Bonchev–Trinajstić information content (AvgIpc) is 3.02. The largest absolute Gasteiger partial charge is 0.327 e. The van der Waals surface area contributed by atoms with Crippen LogP contribution in [0, 0.1) is 12.8 Å². The number of benzene rings is 3. The quantitative estimate of drug-likeness (QED) is 0.329. The lowest BCUT2D eigenvalue weighted by molar-refractivity contribution is -0.134. The first kappa shape index (κ1) is 22.1. The molecule has 166 valence electrons. The predicted octanol–water partition coefficient (Wildman–Crippen LogP) is 4.10. The summed E-state index contributed by atoms with van der Waals surface area (Å²) in [5.74, 6) is -3.13. The molecule has 4 rings (SSSR count). The molecule has 3 aromatic rings. The van der Waals surface area contributed by atoms with Crippen LogP contribution in [0.3, 0.4) is 0 Å². The number of hydrogen-bond acceptors (Lipinski definition) is 4. The molecule has 1 saturated heterocycles. The SMILES string of the molecule is Cc1ccc(C2(C(C(=O)c3ccccc3)C(=O)c3ccccc3)C(=O)N(C)C(=O)N2C)cc1. The van der Waals surface area contributed by atoms with E-state index in [1.54, 1.807) is 84.9 Å². The van der Waals surface area contributed by atoms with Crippen LogP contribution >= 0.6 is 0 Å². The van der Waals surface area contributed by atoms with Gasteiger partial charge in [-0.05, 0) is 12.5 Å². The van der Waals surface area contributed by atoms with Gasteiger partial charge in [-0.2, -0.15) is 0 Å². The van der Waals surface area contributed by atoms with Crippen LogP contribution in [0.5, 0.6) is 0 Å². The minimum Gasteiger partial charge on any atom is -0.307 e. The highest BCUT2D eigenvalue weighted by molar-refractivity contribution is 6.22. The lowest BCUT2D eigenvalue weighted by Crippen LogP contribution is -2.56. The van der Waals surface area contributed by atoms with E-state index in [-0.39, 0.29) is 0 Å². The molecule has 1 fully saturated rings. The van der Waals surface area contributed by atoms with Crippen LogP contribution in [0.25, 0.3) is 0 Å². The Balaban J connectivity index is 2.03. The van der Waals surface area contributed by atoms with Crippen LogP contribution < -0.4 is 0 Å². The molecule has 0 radical (unpaired) electrons. The summed E-state index contributed by atoms with van der Waals surface area (Å²) in [4.78, 5) is 56.9. The minimum absolute atomic E-state index is 0.293. The second-order valence-electron chi connectivity index (χ2n) is 8.23. The molecule has 1 aliphatic heterocycles. The van der Waals surface area contributed by atoms with Crippen molar-refractivity contribution in [2.75, 3.05) is 14.1 Å². The molecule has 0 aliphatic carbocycles. The van der Waals surface area contributed by atoms with E-state index < -0.39 is 35.0 Å². The lowest BCUT2D eigenvalue weighted by Gasteiger charge is -2.38. The molecule has 0 N–H and O–H groups in total. The number of nitrogens with zero attached hydrogens (tertiary/aromatic N) is 2. The van der Waals surface area contributed by atoms with Crippen molar-refractivity contribution >= 4 is 23.5 Å². The Morgan fingerprint density at radius 2 is 1.18 bits per heavy atom. The number of hydrogen-bond donors (Lipinski definition) is 0. The third-order valence-electron chi connectivity index (χ3n) is 6.28. The van der Waals surface area contributed by atoms with Crippen LogP contribution in [0.15, 0.2) is 84.9 Å². The summed E-state index contributed by atoms with van der Waals surface area (Å²) >= 11 is 0. The van der Waals surface area contributed by atoms with Crippen LogP contribution in [0.4, 0.5) is 4.79 Å². The van der Waals surface area contributed by atoms with Gasteiger partial charge in [-0.15, -0.1) is 0 Å². The van der Waals surface area contributed by atoms with Crippen LogP contribution in [-0.4, -0.2) is 47.4 Å². The highest BCUT2D eigenvalue weighted by atomic mass is 16.2. The van der Waals surface area contributed by atoms with E-state index in [4.69, 9.17) is 0 Å². The summed E-state index contributed by atoms with van der Waals surface area (Å²) < 4.78 is 0. The van der Waals surface area contributed by atoms with Crippen LogP contribution in [-0.2, 0) is 10.3 Å². The number of amides is 3. The normalized spacial score (nSPS) is 18.2. The number of aryl methyl sites for hydroxylation is 1. The zero-order chi connectivity index (χ0) is 23.8. The maximum absolute atomic E-state index is 14.0. The predicted molar refractivity (Wildman–Crippen MR) is 124 cm³/mol. The topological polar surface area (TPSA) is 74.8 Å². The van der Waals surface area contributed by atoms with Gasteiger partial charge < -0.3 is 4.90 Å². The summed E-state index contributed by atoms with van der Waals surface area (Å²) in [5.41, 5.74) is 0.126. The molecular weight excluding hydrogens is 416 g/mol. The van der Waals surface area contributed by atoms with Gasteiger partial charge >= 0.3 is 6.03 Å². The van der Waals surface area contributed by atoms with Gasteiger partial charge in [0.25, 0.3) is 5.91 Å². The average molecular weight is 440 g/mol. The zero-order valence-electron chi connectivity index (χ0n) is 18.7. The summed E-state index contributed by atoms with van der Waals surface area (Å²) in [7, 11) is 2.83. The third kappa shape index (κ3) is 3.44. The molecule has 1 aliphatic rings. The van der Waals surface area contributed by atoms with Gasteiger partial charge in [0.1, 0.15) is 5.92 Å². The Hall–Kier alpha value is -4.06. The second kappa shape index (κ2) is 8.47. The van der Waals surface area contributed by atoms with Crippen LogP contribution in [0.2, 0.25) is 0 Å². The summed E-state index contributed by atoms with van der Waals surface area (Å²) in [5, 5.41) is 0. The first-order valence-corrected chi connectivity index (χ1v) is 10.6. The zero-order valence-corrected chi connectivity index (χ0v) is 18.7. The molecule has 1 atom stereocenters. The van der Waals surface area contributed by atoms with Gasteiger partial charge in [0.2, 0.25) is 0 Å². The first-order valence-electron chi connectivity index (χ1n) is 10.6. The van der Waals surface area contributed by atoms with Crippen molar-refractivity contribution in [2.45, 2.75) is 12.5 Å². The highest BCUT2D eigenvalue weighted by Gasteiger charge is 2.64. The molecular formula is C27H24N2O4. The van der Waals surface area contributed by atoms with E-state index in [1.807, 2.05) is 6.92 Å². The summed E-state index contributed by atoms with van der Waals surface area (Å²) in [6.07, 6.45) is 0. The number of urea groups is 1. The maximum atomic E-state index is 14.0. The van der Waals surface area contributed by atoms with Crippen molar-refractivity contribution in [3.05, 3.63) is 107 Å². The summed E-state index contributed by atoms with van der Waals surface area (Å²) in [6.45, 7) is 1.90. The fraction of sp³-hybridized carbons (Fsp3) is 0.185. The molecule has 0 spiro atoms. The van der Waals surface area contributed by atoms with Crippen molar-refractivity contribution < 1.29 is 19.2 Å². The van der Waals surface area contributed by atoms with Gasteiger partial charge in [-0.3, -0.25) is 19.3 Å². The maximum Gasteiger partial charge on any atom is 0.327 e. The van der Waals surface area contributed by atoms with E-state index in [9.17, 15) is 19.2 Å². The standard InChI is InChI=1S/C27H24N2O4/c1-18-14-16-21(17-15-18)27(25(32)28(2)26(33)29(27)3)22(23(30)19-10-6-4-7-11-19)24(31)20-12-8-5-9-13-20/h4-17,22H,1-3H3. The Morgan fingerprint density at radius 3 is 1.58 bits per heavy atom. The lowest BCUT2D eigenvalue weighted by atomic mass is 9.70. The minimum atomic E-state index is -1.82. The molecule has 6 heteroatoms. The van der Waals surface area contributed by atoms with Crippen molar-refractivity contribution in [1.82, 2.24) is 9.80 Å². The van der Waals surface area contributed by atoms with Gasteiger partial charge in [0.05, 0.1) is 0 Å². The highest BCUT2D eigenvalue weighted by Crippen LogP contribution is 2.45. The molecule has 3 aromatic carbocycles. The number of likely N-dealkylation sites (N-methyl/N-ethyl adjacent to an activating group) is 2. The van der Waals surface area contributed by atoms with Gasteiger partial charge in [0, 0.05) is 25.2 Å². The first-order chi connectivity index (χ1) is 15.8. The Bertz CT molecular complexity index is 1170. The Kier molecular flexibility index (Phi) is 5.68. The molecule has 0 saturated carbocycles. The third-order valence-corrected chi connectivity index (χ3v) is 6.28. The monoisotopic (exact) mass is 440 g/mol. The molecule has 1 unspecified atom stereocenters. The van der Waals surface area contributed by atoms with E-state index in [2.05, 4.69) is 0 Å². The van der Waals surface area contributed by atoms with Crippen molar-refractivity contribution in [3.8, 4) is 0 Å². The molecule has 33 heavy (non-hydrogen) atoms. The number of imide groups is 1. The van der Waals surface area contributed by atoms with Gasteiger partial charge in [-0.25, -0.2) is 4.79 Å². The van der Waals surface area contributed by atoms with Crippen LogP contribution in [0.1, 0.15) is 31.8 Å². The molecule has 3 amide bonds. The number of carbonyl (C=O) groups is 4. The van der Waals surface area contributed by atoms with Crippen molar-refractivity contribution in [3.63, 3.8) is 0 Å². The molecule has 0 aromatic heterocycles. The number of rotatable bonds is 6. The van der Waals surface area contributed by atoms with E-state index >= 15 is 0 Å². The fourth-order valence-corrected chi connectivity index (χ4v) is 4.51. The second-order valence-corrected chi connectivity index (χ2v) is 8.23. The van der Waals surface area contributed by atoms with Crippen molar-refractivity contribution in [2.24, 2.45) is 5.92 Å². The van der Waals surface area contributed by atoms with Gasteiger partial charge in [-0.1, -0.05) is 90.5 Å². The van der Waals surface area contributed by atoms with Gasteiger partial charge in [0.15, 0.2) is 17.1 Å². The molecule has 1 heterocycles. The molecule has 6 nitrogen and oxygen atoms in total. The molecule has 0 bridgehead atoms. The van der Waals surface area contributed by atoms with E-state index in [1.165, 1.54) is 19.0 Å². The Labute approximate surface area is 192 Å². The number of ketones is 2. The smallest absolute Gasteiger partial charge is 0.307 e.